The average Bonchev–Trinajstić information content (AvgIpc) is 2.66. The van der Waals surface area contributed by atoms with Gasteiger partial charge in [-0.05, 0) is 25.1 Å². The van der Waals surface area contributed by atoms with Gasteiger partial charge in [0.15, 0.2) is 7.83 Å². The fourth-order valence-corrected chi connectivity index (χ4v) is 12.0. The maximum atomic E-state index is 12.7. The lowest BCUT2D eigenvalue weighted by Crippen LogP contribution is -2.59. The van der Waals surface area contributed by atoms with Gasteiger partial charge < -0.3 is 9.33 Å². The SMILES string of the molecule is C[SiH]1CCCCO[Si]1(C)CN(C(=O)CC(F)(F)F)c1ccccc1. The van der Waals surface area contributed by atoms with Crippen LogP contribution < -0.4 is 4.90 Å². The smallest absolute Gasteiger partial charge is 0.397 e. The predicted octanol–water partition coefficient (Wildman–Crippen LogP) is 3.83. The number of hydrogen-bond acceptors (Lipinski definition) is 2. The molecule has 0 aromatic heterocycles. The van der Waals surface area contributed by atoms with E-state index < -0.39 is 34.7 Å². The molecule has 1 heterocycles. The van der Waals surface area contributed by atoms with Crippen molar-refractivity contribution >= 4 is 27.7 Å². The Morgan fingerprint density at radius 1 is 1.29 bits per heavy atom. The van der Waals surface area contributed by atoms with Gasteiger partial charge in [-0.2, -0.15) is 13.2 Å². The normalized spacial score (nSPS) is 25.1. The fraction of sp³-hybridized carbons (Fsp3) is 0.562. The molecule has 3 nitrogen and oxygen atoms in total. The van der Waals surface area contributed by atoms with Crippen LogP contribution >= 0.6 is 0 Å². The Hall–Kier alpha value is -1.13. The van der Waals surface area contributed by atoms with Crippen molar-refractivity contribution in [1.29, 1.82) is 0 Å². The Balaban J connectivity index is 2.27. The minimum atomic E-state index is -4.50. The Bertz CT molecular complexity index is 556. The van der Waals surface area contributed by atoms with Crippen molar-refractivity contribution in [2.24, 2.45) is 0 Å². The number of hydrogen-bond donors (Lipinski definition) is 0. The third-order valence-electron chi connectivity index (χ3n) is 4.70. The minimum absolute atomic E-state index is 0.319. The molecule has 1 aliphatic rings. The maximum Gasteiger partial charge on any atom is 0.397 e. The first-order valence-corrected chi connectivity index (χ1v) is 14.7. The van der Waals surface area contributed by atoms with Crippen molar-refractivity contribution in [3.8, 4) is 0 Å². The highest BCUT2D eigenvalue weighted by molar-refractivity contribution is 7.29. The van der Waals surface area contributed by atoms with Gasteiger partial charge in [0, 0.05) is 18.5 Å². The summed E-state index contributed by atoms with van der Waals surface area (Å²) in [6, 6.07) is 9.78. The van der Waals surface area contributed by atoms with E-state index in [0.717, 1.165) is 18.9 Å². The molecule has 2 unspecified atom stereocenters. The number of amides is 1. The molecule has 0 aliphatic carbocycles. The lowest BCUT2D eigenvalue weighted by Gasteiger charge is -2.36. The Morgan fingerprint density at radius 2 is 1.96 bits per heavy atom. The van der Waals surface area contributed by atoms with Crippen molar-refractivity contribution in [3.63, 3.8) is 0 Å². The lowest BCUT2D eigenvalue weighted by molar-refractivity contribution is -0.151. The van der Waals surface area contributed by atoms with Crippen molar-refractivity contribution < 1.29 is 22.4 Å². The third kappa shape index (κ3) is 5.19. The molecule has 0 N–H and O–H groups in total. The van der Waals surface area contributed by atoms with Crippen molar-refractivity contribution in [2.45, 2.75) is 44.6 Å². The molecule has 1 fully saturated rings. The summed E-state index contributed by atoms with van der Waals surface area (Å²) in [5.74, 6) is -0.892. The molecule has 134 valence electrons. The maximum absolute atomic E-state index is 12.7. The van der Waals surface area contributed by atoms with Crippen LogP contribution in [0.5, 0.6) is 0 Å². The molecule has 1 aromatic rings. The quantitative estimate of drug-likeness (QED) is 0.749. The van der Waals surface area contributed by atoms with Gasteiger partial charge in [-0.25, -0.2) is 0 Å². The number of para-hydroxylation sites is 1. The number of rotatable bonds is 4. The van der Waals surface area contributed by atoms with E-state index in [4.69, 9.17) is 4.43 Å². The van der Waals surface area contributed by atoms with Gasteiger partial charge in [-0.1, -0.05) is 37.2 Å². The summed E-state index contributed by atoms with van der Waals surface area (Å²) in [6.45, 7) is 4.98. The number of benzene rings is 1. The van der Waals surface area contributed by atoms with Gasteiger partial charge in [0.2, 0.25) is 5.91 Å². The average molecular weight is 376 g/mol. The summed E-state index contributed by atoms with van der Waals surface area (Å²) >= 11 is 0. The summed E-state index contributed by atoms with van der Waals surface area (Å²) in [7, 11) is -3.40. The Morgan fingerprint density at radius 3 is 2.58 bits per heavy atom. The van der Waals surface area contributed by atoms with Crippen LogP contribution in [0.4, 0.5) is 18.9 Å². The second kappa shape index (κ2) is 7.84. The number of carbonyl (C=O) groups excluding carboxylic acids is 1. The van der Waals surface area contributed by atoms with Crippen molar-refractivity contribution in [2.75, 3.05) is 17.7 Å². The highest BCUT2D eigenvalue weighted by atomic mass is 29.2. The topological polar surface area (TPSA) is 29.5 Å². The molecule has 8 heteroatoms. The Labute approximate surface area is 143 Å². The van der Waals surface area contributed by atoms with Gasteiger partial charge in [0.25, 0.3) is 0 Å². The molecular weight excluding hydrogens is 351 g/mol. The lowest BCUT2D eigenvalue weighted by atomic mass is 10.2. The first kappa shape index (κ1) is 19.2. The summed E-state index contributed by atoms with van der Waals surface area (Å²) in [4.78, 5) is 13.7. The summed E-state index contributed by atoms with van der Waals surface area (Å²) in [5, 5.41) is 0. The van der Waals surface area contributed by atoms with E-state index in [2.05, 4.69) is 13.1 Å². The first-order valence-electron chi connectivity index (χ1n) is 8.27. The molecular formula is C16H24F3NO2Si2. The van der Waals surface area contributed by atoms with Crippen molar-refractivity contribution in [3.05, 3.63) is 30.3 Å². The molecule has 0 saturated carbocycles. The van der Waals surface area contributed by atoms with Crippen LogP contribution in [0, 0.1) is 0 Å². The molecule has 0 spiro atoms. The zero-order valence-electron chi connectivity index (χ0n) is 14.1. The first-order chi connectivity index (χ1) is 11.2. The van der Waals surface area contributed by atoms with Gasteiger partial charge in [-0.15, -0.1) is 0 Å². The van der Waals surface area contributed by atoms with Gasteiger partial charge in [0.1, 0.15) is 6.42 Å². The van der Waals surface area contributed by atoms with Crippen LogP contribution in [0.15, 0.2) is 30.3 Å². The van der Waals surface area contributed by atoms with Gasteiger partial charge in [0.05, 0.1) is 8.31 Å². The second-order valence-electron chi connectivity index (χ2n) is 6.67. The summed E-state index contributed by atoms with van der Waals surface area (Å²) in [6.07, 6.45) is -3.48. The van der Waals surface area contributed by atoms with E-state index >= 15 is 0 Å². The van der Waals surface area contributed by atoms with E-state index in [1.165, 1.54) is 4.90 Å². The fourth-order valence-electron chi connectivity index (χ4n) is 3.02. The van der Waals surface area contributed by atoms with Crippen LogP contribution in [-0.2, 0) is 9.22 Å². The standard InChI is InChI=1S/C16H24F3NO2Si2/c1-23-11-7-6-10-22-24(23,2)13-20(14-8-4-3-5-9-14)15(21)12-16(17,18)19/h3-5,8-9,23H,6-7,10-13H2,1-2H3. The molecule has 1 aromatic carbocycles. The molecule has 1 amide bonds. The van der Waals surface area contributed by atoms with E-state index in [9.17, 15) is 18.0 Å². The minimum Gasteiger partial charge on any atom is -0.418 e. The van der Waals surface area contributed by atoms with Crippen LogP contribution in [0.3, 0.4) is 0 Å². The molecule has 1 aliphatic heterocycles. The van der Waals surface area contributed by atoms with Gasteiger partial charge >= 0.3 is 6.18 Å². The third-order valence-corrected chi connectivity index (χ3v) is 18.0. The molecule has 24 heavy (non-hydrogen) atoms. The zero-order valence-corrected chi connectivity index (χ0v) is 16.3. The van der Waals surface area contributed by atoms with E-state index in [0.29, 0.717) is 18.5 Å². The molecule has 0 radical (unpaired) electrons. The van der Waals surface area contributed by atoms with Crippen LogP contribution in [0.2, 0.25) is 19.1 Å². The number of nitrogens with zero attached hydrogens (tertiary/aromatic N) is 1. The number of anilines is 1. The summed E-state index contributed by atoms with van der Waals surface area (Å²) < 4.78 is 44.4. The second-order valence-corrected chi connectivity index (χ2v) is 18.9. The number of carbonyl (C=O) groups is 1. The van der Waals surface area contributed by atoms with E-state index in [-0.39, 0.29) is 0 Å². The van der Waals surface area contributed by atoms with Crippen LogP contribution in [-0.4, -0.2) is 41.0 Å². The highest BCUT2D eigenvalue weighted by Gasteiger charge is 2.42. The molecule has 1 saturated heterocycles. The van der Waals surface area contributed by atoms with Crippen molar-refractivity contribution in [1.82, 2.24) is 0 Å². The monoisotopic (exact) mass is 375 g/mol. The molecule has 2 atom stereocenters. The highest BCUT2D eigenvalue weighted by Crippen LogP contribution is 2.27. The number of halogens is 3. The molecule has 2 rings (SSSR count). The van der Waals surface area contributed by atoms with Gasteiger partial charge in [-0.3, -0.25) is 4.79 Å². The van der Waals surface area contributed by atoms with E-state index in [1.807, 2.05) is 0 Å². The van der Waals surface area contributed by atoms with Crippen LogP contribution in [0.25, 0.3) is 0 Å². The van der Waals surface area contributed by atoms with E-state index in [1.54, 1.807) is 30.3 Å². The largest absolute Gasteiger partial charge is 0.418 e. The zero-order chi connectivity index (χ0) is 17.8. The van der Waals surface area contributed by atoms with Crippen LogP contribution in [0.1, 0.15) is 19.3 Å². The Kier molecular flexibility index (Phi) is 6.27. The number of alkyl halides is 3. The summed E-state index contributed by atoms with van der Waals surface area (Å²) in [5.41, 5.74) is 0.523. The molecule has 0 bridgehead atoms. The predicted molar refractivity (Wildman–Crippen MR) is 94.1 cm³/mol.